The molecule has 0 amide bonds. The third-order valence-corrected chi connectivity index (χ3v) is 7.07. The molecule has 4 aromatic rings. The van der Waals surface area contributed by atoms with E-state index in [0.717, 1.165) is 5.56 Å². The van der Waals surface area contributed by atoms with Crippen LogP contribution in [0.3, 0.4) is 0 Å². The number of hydrogen-bond donors (Lipinski definition) is 0. The zero-order valence-corrected chi connectivity index (χ0v) is 21.8. The zero-order chi connectivity index (χ0) is 25.9. The topological polar surface area (TPSA) is 69.9 Å². The van der Waals surface area contributed by atoms with Crippen molar-refractivity contribution in [3.05, 3.63) is 126 Å². The van der Waals surface area contributed by atoms with Crippen molar-refractivity contribution >= 4 is 35.0 Å². The summed E-state index contributed by atoms with van der Waals surface area (Å²) in [7, 11) is 0. The predicted molar refractivity (Wildman–Crippen MR) is 145 cm³/mol. The highest BCUT2D eigenvalue weighted by Crippen LogP contribution is 2.33. The number of ether oxygens (including phenoxy) is 2. The van der Waals surface area contributed by atoms with E-state index in [1.54, 1.807) is 36.6 Å². The summed E-state index contributed by atoms with van der Waals surface area (Å²) in [5.74, 6) is 0.767. The first kappa shape index (κ1) is 24.7. The molecule has 1 unspecified atom stereocenters. The first-order valence-electron chi connectivity index (χ1n) is 11.7. The van der Waals surface area contributed by atoms with Gasteiger partial charge in [0.05, 0.1) is 28.5 Å². The highest BCUT2D eigenvalue weighted by molar-refractivity contribution is 7.07. The van der Waals surface area contributed by atoms with E-state index in [1.165, 1.54) is 11.3 Å². The summed E-state index contributed by atoms with van der Waals surface area (Å²) in [6, 6.07) is 23.3. The lowest BCUT2D eigenvalue weighted by Crippen LogP contribution is -2.39. The van der Waals surface area contributed by atoms with Crippen molar-refractivity contribution in [2.45, 2.75) is 19.9 Å². The molecule has 0 fully saturated rings. The van der Waals surface area contributed by atoms with Crippen LogP contribution in [0.2, 0.25) is 5.02 Å². The highest BCUT2D eigenvalue weighted by atomic mass is 35.5. The molecular formula is C29H23ClN2O4S. The van der Waals surface area contributed by atoms with E-state index in [9.17, 15) is 9.59 Å². The number of carbonyl (C=O) groups is 1. The standard InChI is InChI=1S/C29H23ClN2O4S/c1-3-35-28(34)25-18(2)31-29-32(27(33)24(37-29)16-19-12-14-21(30)15-13-19)26(25)20-8-7-11-23(17-20)36-22-9-5-4-6-10-22/h4-17,26H,3H2,1-2H3/b24-16+. The molecule has 0 saturated heterocycles. The van der Waals surface area contributed by atoms with Gasteiger partial charge in [0.25, 0.3) is 5.56 Å². The maximum atomic E-state index is 13.7. The van der Waals surface area contributed by atoms with Crippen LogP contribution < -0.4 is 19.6 Å². The largest absolute Gasteiger partial charge is 0.463 e. The van der Waals surface area contributed by atoms with Gasteiger partial charge in [0, 0.05) is 5.02 Å². The summed E-state index contributed by atoms with van der Waals surface area (Å²) in [5.41, 5.74) is 2.14. The molecule has 0 N–H and O–H groups in total. The Morgan fingerprint density at radius 3 is 2.51 bits per heavy atom. The molecule has 186 valence electrons. The molecule has 2 heterocycles. The van der Waals surface area contributed by atoms with Crippen LogP contribution in [-0.4, -0.2) is 17.1 Å². The van der Waals surface area contributed by atoms with Crippen molar-refractivity contribution in [3.8, 4) is 11.5 Å². The number of para-hydroxylation sites is 1. The molecule has 0 saturated carbocycles. The minimum absolute atomic E-state index is 0.209. The predicted octanol–water partition coefficient (Wildman–Crippen LogP) is 5.24. The Morgan fingerprint density at radius 1 is 1.05 bits per heavy atom. The Morgan fingerprint density at radius 2 is 1.78 bits per heavy atom. The van der Waals surface area contributed by atoms with Crippen molar-refractivity contribution < 1.29 is 14.3 Å². The quantitative estimate of drug-likeness (QED) is 0.319. The first-order valence-corrected chi connectivity index (χ1v) is 12.9. The van der Waals surface area contributed by atoms with Gasteiger partial charge in [-0.1, -0.05) is 65.4 Å². The number of rotatable bonds is 6. The summed E-state index contributed by atoms with van der Waals surface area (Å²) in [4.78, 5) is 32.0. The number of fused-ring (bicyclic) bond motifs is 1. The lowest BCUT2D eigenvalue weighted by molar-refractivity contribution is -0.139. The van der Waals surface area contributed by atoms with E-state index in [-0.39, 0.29) is 12.2 Å². The van der Waals surface area contributed by atoms with Crippen molar-refractivity contribution in [2.75, 3.05) is 6.61 Å². The summed E-state index contributed by atoms with van der Waals surface area (Å²) in [5, 5.41) is 0.617. The number of carbonyl (C=O) groups excluding carboxylic acids is 1. The average Bonchev–Trinajstić information content (AvgIpc) is 3.19. The van der Waals surface area contributed by atoms with Crippen LogP contribution in [-0.2, 0) is 9.53 Å². The average molecular weight is 531 g/mol. The Kier molecular flexibility index (Phi) is 7.08. The van der Waals surface area contributed by atoms with Gasteiger partial charge in [0.1, 0.15) is 11.5 Å². The number of hydrogen-bond acceptors (Lipinski definition) is 6. The Hall–Kier alpha value is -3.94. The fourth-order valence-corrected chi connectivity index (χ4v) is 5.36. The van der Waals surface area contributed by atoms with E-state index in [2.05, 4.69) is 4.99 Å². The fourth-order valence-electron chi connectivity index (χ4n) is 4.19. The Balaban J connectivity index is 1.66. The summed E-state index contributed by atoms with van der Waals surface area (Å²) in [6.45, 7) is 3.72. The maximum absolute atomic E-state index is 13.7. The van der Waals surface area contributed by atoms with Gasteiger partial charge in [-0.3, -0.25) is 9.36 Å². The van der Waals surface area contributed by atoms with Crippen LogP contribution in [0.1, 0.15) is 31.0 Å². The smallest absolute Gasteiger partial charge is 0.338 e. The van der Waals surface area contributed by atoms with E-state index in [4.69, 9.17) is 21.1 Å². The SMILES string of the molecule is CCOC(=O)C1=C(C)N=c2s/c(=C/c3ccc(Cl)cc3)c(=O)n2C1c1cccc(Oc2ccccc2)c1. The van der Waals surface area contributed by atoms with Crippen LogP contribution in [0.5, 0.6) is 11.5 Å². The van der Waals surface area contributed by atoms with E-state index in [1.807, 2.05) is 66.7 Å². The molecule has 1 aliphatic rings. The molecule has 0 spiro atoms. The summed E-state index contributed by atoms with van der Waals surface area (Å²) < 4.78 is 13.5. The van der Waals surface area contributed by atoms with Crippen LogP contribution >= 0.6 is 22.9 Å². The molecule has 1 aromatic heterocycles. The number of esters is 1. The second kappa shape index (κ2) is 10.6. The molecule has 0 bridgehead atoms. The maximum Gasteiger partial charge on any atom is 0.338 e. The number of thiazole rings is 1. The van der Waals surface area contributed by atoms with Gasteiger partial charge in [-0.2, -0.15) is 0 Å². The second-order valence-corrected chi connectivity index (χ2v) is 9.79. The highest BCUT2D eigenvalue weighted by Gasteiger charge is 2.33. The molecule has 8 heteroatoms. The van der Waals surface area contributed by atoms with E-state index >= 15 is 0 Å². The lowest BCUT2D eigenvalue weighted by atomic mass is 9.95. The molecule has 0 aliphatic carbocycles. The second-order valence-electron chi connectivity index (χ2n) is 8.34. The number of nitrogens with zero attached hydrogens (tertiary/aromatic N) is 2. The molecule has 37 heavy (non-hydrogen) atoms. The van der Waals surface area contributed by atoms with Gasteiger partial charge in [0.15, 0.2) is 4.80 Å². The van der Waals surface area contributed by atoms with E-state index < -0.39 is 12.0 Å². The lowest BCUT2D eigenvalue weighted by Gasteiger charge is -2.25. The normalized spacial score (nSPS) is 15.2. The van der Waals surface area contributed by atoms with Crippen molar-refractivity contribution in [1.29, 1.82) is 0 Å². The van der Waals surface area contributed by atoms with Crippen molar-refractivity contribution in [3.63, 3.8) is 0 Å². The molecule has 0 radical (unpaired) electrons. The third-order valence-electron chi connectivity index (χ3n) is 5.84. The van der Waals surface area contributed by atoms with Crippen LogP contribution in [0, 0.1) is 0 Å². The number of aromatic nitrogens is 1. The molecule has 3 aromatic carbocycles. The molecule has 6 nitrogen and oxygen atoms in total. The number of halogens is 1. The van der Waals surface area contributed by atoms with Crippen molar-refractivity contribution in [2.24, 2.45) is 4.99 Å². The fraction of sp³-hybridized carbons (Fsp3) is 0.138. The minimum atomic E-state index is -0.720. The molecule has 1 atom stereocenters. The molecule has 1 aliphatic heterocycles. The number of allylic oxidation sites excluding steroid dienone is 1. The van der Waals surface area contributed by atoms with Gasteiger partial charge in [-0.25, -0.2) is 9.79 Å². The van der Waals surface area contributed by atoms with Gasteiger partial charge in [0.2, 0.25) is 0 Å². The van der Waals surface area contributed by atoms with Crippen LogP contribution in [0.25, 0.3) is 6.08 Å². The monoisotopic (exact) mass is 530 g/mol. The summed E-state index contributed by atoms with van der Waals surface area (Å²) >= 11 is 7.29. The first-order chi connectivity index (χ1) is 17.9. The Bertz CT molecular complexity index is 1670. The number of benzene rings is 3. The molecule has 5 rings (SSSR count). The summed E-state index contributed by atoms with van der Waals surface area (Å²) in [6.07, 6.45) is 1.80. The minimum Gasteiger partial charge on any atom is -0.463 e. The third kappa shape index (κ3) is 5.14. The van der Waals surface area contributed by atoms with Crippen LogP contribution in [0.15, 0.2) is 99.9 Å². The molecular weight excluding hydrogens is 508 g/mol. The van der Waals surface area contributed by atoms with Gasteiger partial charge in [-0.15, -0.1) is 0 Å². The van der Waals surface area contributed by atoms with Gasteiger partial charge in [-0.05, 0) is 67.4 Å². The van der Waals surface area contributed by atoms with Gasteiger partial charge >= 0.3 is 5.97 Å². The zero-order valence-electron chi connectivity index (χ0n) is 20.2. The van der Waals surface area contributed by atoms with Crippen molar-refractivity contribution in [1.82, 2.24) is 4.57 Å². The van der Waals surface area contributed by atoms with Crippen LogP contribution in [0.4, 0.5) is 0 Å². The Labute approximate surface area is 222 Å². The van der Waals surface area contributed by atoms with E-state index in [0.29, 0.717) is 42.7 Å². The van der Waals surface area contributed by atoms with Gasteiger partial charge < -0.3 is 9.47 Å².